The van der Waals surface area contributed by atoms with Crippen LogP contribution in [0.4, 0.5) is 5.69 Å². The minimum Gasteiger partial charge on any atom is -0.330 e. The molecule has 2 aromatic rings. The average molecular weight is 376 g/mol. The Kier molecular flexibility index (Phi) is 4.81. The molecule has 23 heavy (non-hydrogen) atoms. The van der Waals surface area contributed by atoms with Crippen LogP contribution < -0.4 is 5.32 Å². The van der Waals surface area contributed by atoms with Gasteiger partial charge >= 0.3 is 0 Å². The van der Waals surface area contributed by atoms with Gasteiger partial charge in [-0.1, -0.05) is 28.1 Å². The van der Waals surface area contributed by atoms with Crippen LogP contribution in [0.25, 0.3) is 5.69 Å². The summed E-state index contributed by atoms with van der Waals surface area (Å²) in [5.41, 5.74) is 1.65. The number of benzene rings is 1. The van der Waals surface area contributed by atoms with Crippen molar-refractivity contribution in [1.29, 1.82) is 0 Å². The molecule has 1 atom stereocenters. The Morgan fingerprint density at radius 3 is 2.65 bits per heavy atom. The SMILES string of the molecule is O=C(Nc1ccccc1-n1cccc1)C1CCCN1C(=O)CBr. The van der Waals surface area contributed by atoms with Crippen molar-refractivity contribution >= 4 is 33.4 Å². The summed E-state index contributed by atoms with van der Waals surface area (Å²) in [6.45, 7) is 0.641. The van der Waals surface area contributed by atoms with Crippen LogP contribution in [-0.2, 0) is 9.59 Å². The molecule has 1 N–H and O–H groups in total. The standard InChI is InChI=1S/C17H18BrN3O2/c18-12-16(22)21-11-5-8-15(21)17(23)19-13-6-1-2-7-14(13)20-9-3-4-10-20/h1-4,6-7,9-10,15H,5,8,11-12H2,(H,19,23). The Morgan fingerprint density at radius 1 is 1.17 bits per heavy atom. The lowest BCUT2D eigenvalue weighted by atomic mass is 10.2. The van der Waals surface area contributed by atoms with Gasteiger partial charge in [0.15, 0.2) is 0 Å². The molecule has 120 valence electrons. The lowest BCUT2D eigenvalue weighted by molar-refractivity contribution is -0.134. The van der Waals surface area contributed by atoms with E-state index in [1.54, 1.807) is 4.90 Å². The molecule has 0 radical (unpaired) electrons. The summed E-state index contributed by atoms with van der Waals surface area (Å²) in [6.07, 6.45) is 5.43. The molecule has 0 saturated carbocycles. The molecule has 5 nitrogen and oxygen atoms in total. The molecule has 1 saturated heterocycles. The van der Waals surface area contributed by atoms with Crippen molar-refractivity contribution in [3.8, 4) is 5.69 Å². The molecular weight excluding hydrogens is 358 g/mol. The number of carbonyl (C=O) groups excluding carboxylic acids is 2. The summed E-state index contributed by atoms with van der Waals surface area (Å²) >= 11 is 3.18. The zero-order valence-electron chi connectivity index (χ0n) is 12.6. The van der Waals surface area contributed by atoms with E-state index in [0.29, 0.717) is 13.0 Å². The van der Waals surface area contributed by atoms with Crippen LogP contribution in [0.5, 0.6) is 0 Å². The van der Waals surface area contributed by atoms with Crippen LogP contribution in [0.2, 0.25) is 0 Å². The third kappa shape index (κ3) is 3.32. The highest BCUT2D eigenvalue weighted by molar-refractivity contribution is 9.09. The van der Waals surface area contributed by atoms with Crippen LogP contribution in [0.1, 0.15) is 12.8 Å². The van der Waals surface area contributed by atoms with Crippen molar-refractivity contribution in [3.63, 3.8) is 0 Å². The van der Waals surface area contributed by atoms with Crippen molar-refractivity contribution in [3.05, 3.63) is 48.8 Å². The second kappa shape index (κ2) is 7.00. The Labute approximate surface area is 143 Å². The van der Waals surface area contributed by atoms with Gasteiger partial charge in [-0.2, -0.15) is 0 Å². The van der Waals surface area contributed by atoms with E-state index in [4.69, 9.17) is 0 Å². The summed E-state index contributed by atoms with van der Waals surface area (Å²) < 4.78 is 1.95. The quantitative estimate of drug-likeness (QED) is 0.835. The molecular formula is C17H18BrN3O2. The number of aromatic nitrogens is 1. The van der Waals surface area contributed by atoms with Crippen LogP contribution in [0, 0.1) is 0 Å². The number of amides is 2. The topological polar surface area (TPSA) is 54.3 Å². The third-order valence-corrected chi connectivity index (χ3v) is 4.51. The molecule has 0 bridgehead atoms. The monoisotopic (exact) mass is 375 g/mol. The Balaban J connectivity index is 1.80. The number of likely N-dealkylation sites (tertiary alicyclic amines) is 1. The van der Waals surface area contributed by atoms with Gasteiger partial charge in [0, 0.05) is 18.9 Å². The molecule has 3 rings (SSSR count). The van der Waals surface area contributed by atoms with E-state index in [9.17, 15) is 9.59 Å². The van der Waals surface area contributed by atoms with E-state index < -0.39 is 6.04 Å². The van der Waals surface area contributed by atoms with E-state index in [1.807, 2.05) is 53.4 Å². The number of nitrogens with one attached hydrogen (secondary N) is 1. The first-order chi connectivity index (χ1) is 11.2. The largest absolute Gasteiger partial charge is 0.330 e. The number of rotatable bonds is 4. The van der Waals surface area contributed by atoms with Gasteiger partial charge in [-0.25, -0.2) is 0 Å². The fraction of sp³-hybridized carbons (Fsp3) is 0.294. The summed E-state index contributed by atoms with van der Waals surface area (Å²) in [5, 5.41) is 3.23. The lowest BCUT2D eigenvalue weighted by Gasteiger charge is -2.23. The van der Waals surface area contributed by atoms with Gasteiger partial charge in [-0.05, 0) is 37.1 Å². The third-order valence-electron chi connectivity index (χ3n) is 4.03. The number of hydrogen-bond acceptors (Lipinski definition) is 2. The highest BCUT2D eigenvalue weighted by Crippen LogP contribution is 2.23. The smallest absolute Gasteiger partial charge is 0.247 e. The first kappa shape index (κ1) is 15.8. The lowest BCUT2D eigenvalue weighted by Crippen LogP contribution is -2.43. The molecule has 1 fully saturated rings. The second-order valence-corrected chi connectivity index (χ2v) is 6.04. The van der Waals surface area contributed by atoms with E-state index >= 15 is 0 Å². The van der Waals surface area contributed by atoms with E-state index in [-0.39, 0.29) is 17.1 Å². The van der Waals surface area contributed by atoms with Crippen molar-refractivity contribution in [2.75, 3.05) is 17.2 Å². The molecule has 6 heteroatoms. The molecule has 2 heterocycles. The maximum Gasteiger partial charge on any atom is 0.247 e. The zero-order chi connectivity index (χ0) is 16.2. The van der Waals surface area contributed by atoms with Gasteiger partial charge in [0.2, 0.25) is 11.8 Å². The van der Waals surface area contributed by atoms with Crippen LogP contribution in [-0.4, -0.2) is 39.2 Å². The molecule has 0 spiro atoms. The van der Waals surface area contributed by atoms with Crippen LogP contribution >= 0.6 is 15.9 Å². The number of carbonyl (C=O) groups is 2. The molecule has 1 aromatic heterocycles. The molecule has 1 unspecified atom stereocenters. The van der Waals surface area contributed by atoms with Gasteiger partial charge in [-0.3, -0.25) is 9.59 Å². The van der Waals surface area contributed by atoms with Gasteiger partial charge in [0.25, 0.3) is 0 Å². The molecule has 1 aliphatic rings. The van der Waals surface area contributed by atoms with Crippen LogP contribution in [0.15, 0.2) is 48.8 Å². The van der Waals surface area contributed by atoms with Gasteiger partial charge in [0.1, 0.15) is 6.04 Å². The van der Waals surface area contributed by atoms with E-state index in [1.165, 1.54) is 0 Å². The number of para-hydroxylation sites is 2. The van der Waals surface area contributed by atoms with Gasteiger partial charge in [0.05, 0.1) is 16.7 Å². The first-order valence-electron chi connectivity index (χ1n) is 7.59. The second-order valence-electron chi connectivity index (χ2n) is 5.48. The predicted octanol–water partition coefficient (Wildman–Crippen LogP) is 2.80. The molecule has 0 aliphatic carbocycles. The molecule has 1 aromatic carbocycles. The number of hydrogen-bond donors (Lipinski definition) is 1. The van der Waals surface area contributed by atoms with E-state index in [0.717, 1.165) is 17.8 Å². The summed E-state index contributed by atoms with van der Waals surface area (Å²) in [5.74, 6) is -0.169. The Hall–Kier alpha value is -2.08. The Morgan fingerprint density at radius 2 is 1.91 bits per heavy atom. The number of halogens is 1. The maximum absolute atomic E-state index is 12.6. The molecule has 2 amide bonds. The minimum atomic E-state index is -0.391. The maximum atomic E-state index is 12.6. The van der Waals surface area contributed by atoms with Crippen molar-refractivity contribution in [2.45, 2.75) is 18.9 Å². The van der Waals surface area contributed by atoms with Gasteiger partial charge in [-0.15, -0.1) is 0 Å². The fourth-order valence-corrected chi connectivity index (χ4v) is 3.25. The fourth-order valence-electron chi connectivity index (χ4n) is 2.93. The first-order valence-corrected chi connectivity index (χ1v) is 8.71. The summed E-state index contributed by atoms with van der Waals surface area (Å²) in [4.78, 5) is 26.2. The van der Waals surface area contributed by atoms with Crippen molar-refractivity contribution < 1.29 is 9.59 Å². The highest BCUT2D eigenvalue weighted by Gasteiger charge is 2.33. The van der Waals surface area contributed by atoms with E-state index in [2.05, 4.69) is 21.2 Å². The normalized spacial score (nSPS) is 17.3. The highest BCUT2D eigenvalue weighted by atomic mass is 79.9. The summed E-state index contributed by atoms with van der Waals surface area (Å²) in [7, 11) is 0. The van der Waals surface area contributed by atoms with Crippen LogP contribution in [0.3, 0.4) is 0 Å². The number of anilines is 1. The van der Waals surface area contributed by atoms with Gasteiger partial charge < -0.3 is 14.8 Å². The minimum absolute atomic E-state index is 0.0404. The average Bonchev–Trinajstić information content (AvgIpc) is 3.26. The predicted molar refractivity (Wildman–Crippen MR) is 92.9 cm³/mol. The zero-order valence-corrected chi connectivity index (χ0v) is 14.2. The molecule has 1 aliphatic heterocycles. The summed E-state index contributed by atoms with van der Waals surface area (Å²) in [6, 6.07) is 11.1. The van der Waals surface area contributed by atoms with Crippen molar-refractivity contribution in [1.82, 2.24) is 9.47 Å². The Bertz CT molecular complexity index is 700. The number of nitrogens with zero attached hydrogens (tertiary/aromatic N) is 2. The van der Waals surface area contributed by atoms with Crippen molar-refractivity contribution in [2.24, 2.45) is 0 Å². The number of alkyl halides is 1.